The number of aliphatic hydroxyl groups is 1. The van der Waals surface area contributed by atoms with Crippen LogP contribution in [0.5, 0.6) is 0 Å². The van der Waals surface area contributed by atoms with Crippen molar-refractivity contribution in [2.45, 2.75) is 13.2 Å². The number of hydrogen-bond donors (Lipinski definition) is 1. The van der Waals surface area contributed by atoms with Crippen molar-refractivity contribution in [3.05, 3.63) is 53.6 Å². The summed E-state index contributed by atoms with van der Waals surface area (Å²) in [5.41, 5.74) is 1.46. The van der Waals surface area contributed by atoms with E-state index >= 15 is 0 Å². The van der Waals surface area contributed by atoms with Crippen molar-refractivity contribution < 1.29 is 9.52 Å². The largest absolute Gasteiger partial charge is 0.457 e. The summed E-state index contributed by atoms with van der Waals surface area (Å²) < 4.78 is 7.13. The summed E-state index contributed by atoms with van der Waals surface area (Å²) in [5, 5.41) is 19.9. The van der Waals surface area contributed by atoms with Crippen LogP contribution in [0.3, 0.4) is 0 Å². The van der Waals surface area contributed by atoms with Gasteiger partial charge in [0.15, 0.2) is 16.6 Å². The van der Waals surface area contributed by atoms with E-state index in [-0.39, 0.29) is 6.61 Å². The maximum Gasteiger partial charge on any atom is 0.188 e. The molecule has 0 saturated heterocycles. The molecule has 24 heavy (non-hydrogen) atoms. The van der Waals surface area contributed by atoms with E-state index in [0.29, 0.717) is 29.6 Å². The lowest BCUT2D eigenvalue weighted by molar-refractivity contribution is 0.248. The Labute approximate surface area is 140 Å². The van der Waals surface area contributed by atoms with E-state index in [1.807, 2.05) is 5.38 Å². The molecule has 0 radical (unpaired) electrons. The van der Waals surface area contributed by atoms with Gasteiger partial charge in [0.2, 0.25) is 0 Å². The molecular weight excluding hydrogens is 328 g/mol. The Morgan fingerprint density at radius 1 is 1.21 bits per heavy atom. The second-order valence-electron chi connectivity index (χ2n) is 4.94. The summed E-state index contributed by atoms with van der Waals surface area (Å²) >= 11 is 1.49. The van der Waals surface area contributed by atoms with E-state index in [2.05, 4.69) is 25.3 Å². The highest BCUT2D eigenvalue weighted by Gasteiger charge is 2.11. The van der Waals surface area contributed by atoms with E-state index in [4.69, 9.17) is 9.52 Å². The van der Waals surface area contributed by atoms with Crippen molar-refractivity contribution in [2.24, 2.45) is 0 Å². The molecule has 0 fully saturated rings. The van der Waals surface area contributed by atoms with Crippen molar-refractivity contribution in [1.29, 1.82) is 0 Å². The first-order valence-corrected chi connectivity index (χ1v) is 8.01. The van der Waals surface area contributed by atoms with Crippen LogP contribution in [0.2, 0.25) is 0 Å². The van der Waals surface area contributed by atoms with Gasteiger partial charge in [-0.25, -0.2) is 19.6 Å². The van der Waals surface area contributed by atoms with E-state index in [9.17, 15) is 0 Å². The topological polar surface area (TPSA) is 103 Å². The zero-order chi connectivity index (χ0) is 16.4. The van der Waals surface area contributed by atoms with Crippen LogP contribution in [-0.4, -0.2) is 35.1 Å². The van der Waals surface area contributed by atoms with E-state index < -0.39 is 0 Å². The molecule has 0 spiro atoms. The van der Waals surface area contributed by atoms with Gasteiger partial charge in [-0.05, 0) is 18.2 Å². The molecule has 0 aliphatic rings. The first-order valence-electron chi connectivity index (χ1n) is 7.13. The maximum absolute atomic E-state index is 9.04. The molecule has 4 aromatic rings. The van der Waals surface area contributed by atoms with Crippen LogP contribution in [0.4, 0.5) is 0 Å². The second-order valence-corrected chi connectivity index (χ2v) is 5.80. The molecule has 4 heterocycles. The molecule has 8 nitrogen and oxygen atoms in total. The number of rotatable bonds is 5. The smallest absolute Gasteiger partial charge is 0.188 e. The average Bonchev–Trinajstić information content (AvgIpc) is 3.36. The molecule has 4 rings (SSSR count). The lowest BCUT2D eigenvalue weighted by Gasteiger charge is -1.95. The zero-order valence-electron chi connectivity index (χ0n) is 12.4. The van der Waals surface area contributed by atoms with Gasteiger partial charge in [-0.1, -0.05) is 5.21 Å². The van der Waals surface area contributed by atoms with Crippen molar-refractivity contribution >= 4 is 11.3 Å². The third kappa shape index (κ3) is 2.94. The molecule has 0 aliphatic heterocycles. The minimum absolute atomic E-state index is 0.142. The highest BCUT2D eigenvalue weighted by atomic mass is 32.1. The van der Waals surface area contributed by atoms with Crippen molar-refractivity contribution in [3.63, 3.8) is 0 Å². The first kappa shape index (κ1) is 14.7. The number of thiazole rings is 1. The Balaban J connectivity index is 1.51. The monoisotopic (exact) mass is 340 g/mol. The standard InChI is InChI=1S/C15H12N6O2S/c22-8-11-2-3-13(23-11)12-7-21(20-19-12)6-10-9-24-15(18-10)14-16-4-1-5-17-14/h1-5,7,9,22H,6,8H2. The van der Waals surface area contributed by atoms with Gasteiger partial charge in [-0.15, -0.1) is 16.4 Å². The van der Waals surface area contributed by atoms with Crippen molar-refractivity contribution in [2.75, 3.05) is 0 Å². The average molecular weight is 340 g/mol. The predicted octanol–water partition coefficient (Wildman–Crippen LogP) is 1.99. The summed E-state index contributed by atoms with van der Waals surface area (Å²) in [7, 11) is 0. The Morgan fingerprint density at radius 2 is 2.08 bits per heavy atom. The molecule has 1 N–H and O–H groups in total. The van der Waals surface area contributed by atoms with Crippen LogP contribution in [0.25, 0.3) is 22.3 Å². The third-order valence-electron chi connectivity index (χ3n) is 3.24. The fourth-order valence-electron chi connectivity index (χ4n) is 2.15. The molecule has 120 valence electrons. The van der Waals surface area contributed by atoms with Crippen LogP contribution in [0.15, 0.2) is 46.6 Å². The Morgan fingerprint density at radius 3 is 2.88 bits per heavy atom. The summed E-state index contributed by atoms with van der Waals surface area (Å²) in [6.45, 7) is 0.348. The van der Waals surface area contributed by atoms with Gasteiger partial charge < -0.3 is 9.52 Å². The summed E-state index contributed by atoms with van der Waals surface area (Å²) in [5.74, 6) is 1.67. The van der Waals surface area contributed by atoms with Crippen molar-refractivity contribution in [1.82, 2.24) is 29.9 Å². The fraction of sp³-hybridized carbons (Fsp3) is 0.133. The van der Waals surface area contributed by atoms with Gasteiger partial charge in [0.1, 0.15) is 18.1 Å². The molecule has 4 aromatic heterocycles. The van der Waals surface area contributed by atoms with Gasteiger partial charge in [0.05, 0.1) is 18.4 Å². The van der Waals surface area contributed by atoms with E-state index in [1.165, 1.54) is 11.3 Å². The third-order valence-corrected chi connectivity index (χ3v) is 4.13. The number of hydrogen-bond acceptors (Lipinski definition) is 8. The van der Waals surface area contributed by atoms with Gasteiger partial charge in [0, 0.05) is 17.8 Å². The van der Waals surface area contributed by atoms with E-state index in [0.717, 1.165) is 10.7 Å². The van der Waals surface area contributed by atoms with Gasteiger partial charge >= 0.3 is 0 Å². The SMILES string of the molecule is OCc1ccc(-c2cn(Cc3csc(-c4ncccn4)n3)nn2)o1. The summed E-state index contributed by atoms with van der Waals surface area (Å²) in [4.78, 5) is 12.9. The highest BCUT2D eigenvalue weighted by Crippen LogP contribution is 2.22. The van der Waals surface area contributed by atoms with Crippen molar-refractivity contribution in [3.8, 4) is 22.3 Å². The van der Waals surface area contributed by atoms with Crippen LogP contribution in [-0.2, 0) is 13.2 Å². The highest BCUT2D eigenvalue weighted by molar-refractivity contribution is 7.13. The zero-order valence-corrected chi connectivity index (χ0v) is 13.2. The second kappa shape index (κ2) is 6.30. The summed E-state index contributed by atoms with van der Waals surface area (Å²) in [6.07, 6.45) is 5.16. The lowest BCUT2D eigenvalue weighted by Crippen LogP contribution is -2.00. The quantitative estimate of drug-likeness (QED) is 0.592. The minimum atomic E-state index is -0.142. The van der Waals surface area contributed by atoms with Crippen LogP contribution in [0.1, 0.15) is 11.5 Å². The fourth-order valence-corrected chi connectivity index (χ4v) is 2.90. The normalized spacial score (nSPS) is 11.0. The predicted molar refractivity (Wildman–Crippen MR) is 85.9 cm³/mol. The van der Waals surface area contributed by atoms with Gasteiger partial charge in [0.25, 0.3) is 0 Å². The van der Waals surface area contributed by atoms with Crippen LogP contribution >= 0.6 is 11.3 Å². The van der Waals surface area contributed by atoms with Crippen LogP contribution in [0, 0.1) is 0 Å². The van der Waals surface area contributed by atoms with Gasteiger partial charge in [-0.3, -0.25) is 0 Å². The molecule has 0 bridgehead atoms. The number of aliphatic hydroxyl groups excluding tert-OH is 1. The lowest BCUT2D eigenvalue weighted by atomic mass is 10.3. The molecular formula is C15H12N6O2S. The molecule has 0 atom stereocenters. The van der Waals surface area contributed by atoms with E-state index in [1.54, 1.807) is 41.5 Å². The molecule has 0 saturated carbocycles. The Bertz CT molecular complexity index is 946. The molecule has 0 aromatic carbocycles. The van der Waals surface area contributed by atoms with Crippen LogP contribution < -0.4 is 0 Å². The molecule has 9 heteroatoms. The minimum Gasteiger partial charge on any atom is -0.457 e. The molecule has 0 amide bonds. The Kier molecular flexibility index (Phi) is 3.85. The number of furan rings is 1. The Hall–Kier alpha value is -2.91. The molecule has 0 unspecified atom stereocenters. The summed E-state index contributed by atoms with van der Waals surface area (Å²) in [6, 6.07) is 5.24. The van der Waals surface area contributed by atoms with Gasteiger partial charge in [-0.2, -0.15) is 0 Å². The molecule has 0 aliphatic carbocycles. The number of nitrogens with zero attached hydrogens (tertiary/aromatic N) is 6. The first-order chi connectivity index (χ1) is 11.8. The maximum atomic E-state index is 9.04. The number of aromatic nitrogens is 6.